The first-order valence-corrected chi connectivity index (χ1v) is 6.15. The first-order chi connectivity index (χ1) is 8.66. The summed E-state index contributed by atoms with van der Waals surface area (Å²) in [5, 5.41) is 12.9. The summed E-state index contributed by atoms with van der Waals surface area (Å²) in [6.07, 6.45) is 3.19. The van der Waals surface area contributed by atoms with Gasteiger partial charge in [-0.2, -0.15) is 8.78 Å². The van der Waals surface area contributed by atoms with Gasteiger partial charge in [0.05, 0.1) is 17.8 Å². The molecule has 0 aromatic heterocycles. The predicted molar refractivity (Wildman–Crippen MR) is 65.0 cm³/mol. The van der Waals surface area contributed by atoms with Gasteiger partial charge in [-0.05, 0) is 25.0 Å². The summed E-state index contributed by atoms with van der Waals surface area (Å²) in [4.78, 5) is 0. The van der Waals surface area contributed by atoms with Gasteiger partial charge in [-0.15, -0.1) is 0 Å². The molecule has 5 heteroatoms. The Morgan fingerprint density at radius 2 is 1.94 bits per heavy atom. The van der Waals surface area contributed by atoms with Crippen LogP contribution in [-0.4, -0.2) is 23.9 Å². The monoisotopic (exact) mass is 257 g/mol. The maximum absolute atomic E-state index is 12.3. The van der Waals surface area contributed by atoms with Gasteiger partial charge >= 0.3 is 6.61 Å². The zero-order valence-corrected chi connectivity index (χ0v) is 9.98. The molecule has 2 N–H and O–H groups in total. The summed E-state index contributed by atoms with van der Waals surface area (Å²) in [5.41, 5.74) is 0.503. The number of ether oxygens (including phenoxy) is 1. The zero-order chi connectivity index (χ0) is 13.0. The number of aliphatic hydroxyl groups is 1. The molecule has 1 aliphatic carbocycles. The van der Waals surface area contributed by atoms with Gasteiger partial charge in [-0.3, -0.25) is 0 Å². The molecule has 0 heterocycles. The van der Waals surface area contributed by atoms with Gasteiger partial charge in [0.15, 0.2) is 0 Å². The molecule has 0 saturated heterocycles. The van der Waals surface area contributed by atoms with Gasteiger partial charge in [0.1, 0.15) is 5.75 Å². The van der Waals surface area contributed by atoms with Gasteiger partial charge in [0.25, 0.3) is 0 Å². The number of hydrogen-bond acceptors (Lipinski definition) is 3. The number of halogens is 2. The fourth-order valence-corrected chi connectivity index (χ4v) is 2.26. The van der Waals surface area contributed by atoms with Gasteiger partial charge in [0, 0.05) is 0 Å². The molecule has 1 aliphatic rings. The van der Waals surface area contributed by atoms with Crippen LogP contribution in [0.2, 0.25) is 0 Å². The van der Waals surface area contributed by atoms with Crippen LogP contribution >= 0.6 is 0 Å². The summed E-state index contributed by atoms with van der Waals surface area (Å²) < 4.78 is 29.0. The van der Waals surface area contributed by atoms with Crippen molar-refractivity contribution in [3.8, 4) is 5.75 Å². The van der Waals surface area contributed by atoms with E-state index >= 15 is 0 Å². The summed E-state index contributed by atoms with van der Waals surface area (Å²) in [5.74, 6) is 0.116. The summed E-state index contributed by atoms with van der Waals surface area (Å²) in [7, 11) is 0. The Bertz CT molecular complexity index is 387. The minimum Gasteiger partial charge on any atom is -0.433 e. The van der Waals surface area contributed by atoms with Gasteiger partial charge in [0.2, 0.25) is 0 Å². The fraction of sp³-hybridized carbons (Fsp3) is 0.538. The van der Waals surface area contributed by atoms with Crippen LogP contribution in [0.3, 0.4) is 0 Å². The molecule has 1 saturated carbocycles. The van der Waals surface area contributed by atoms with Crippen molar-refractivity contribution in [2.75, 3.05) is 5.32 Å². The Labute approximate surface area is 105 Å². The molecule has 100 valence electrons. The molecule has 18 heavy (non-hydrogen) atoms. The Morgan fingerprint density at radius 1 is 1.22 bits per heavy atom. The minimum atomic E-state index is -2.84. The van der Waals surface area contributed by atoms with Crippen molar-refractivity contribution in [2.24, 2.45) is 0 Å². The highest BCUT2D eigenvalue weighted by Gasteiger charge is 2.23. The second-order valence-electron chi connectivity index (χ2n) is 4.48. The van der Waals surface area contributed by atoms with Crippen molar-refractivity contribution < 1.29 is 18.6 Å². The molecule has 2 atom stereocenters. The molecule has 0 radical (unpaired) electrons. The SMILES string of the molecule is O[C@@H]1CCCC[C@H]1Nc1ccccc1OC(F)F. The largest absolute Gasteiger partial charge is 0.433 e. The molecule has 1 aromatic carbocycles. The van der Waals surface area contributed by atoms with E-state index < -0.39 is 12.7 Å². The van der Waals surface area contributed by atoms with Crippen LogP contribution in [0.1, 0.15) is 25.7 Å². The second-order valence-corrected chi connectivity index (χ2v) is 4.48. The molecule has 0 aliphatic heterocycles. The van der Waals surface area contributed by atoms with Crippen molar-refractivity contribution in [3.05, 3.63) is 24.3 Å². The average molecular weight is 257 g/mol. The average Bonchev–Trinajstić information content (AvgIpc) is 2.34. The first-order valence-electron chi connectivity index (χ1n) is 6.15. The molecule has 2 rings (SSSR count). The normalized spacial score (nSPS) is 24.0. The number of aliphatic hydroxyl groups excluding tert-OH is 1. The summed E-state index contributed by atoms with van der Waals surface area (Å²) in [6.45, 7) is -2.84. The second kappa shape index (κ2) is 6.00. The Kier molecular flexibility index (Phi) is 4.36. The summed E-state index contributed by atoms with van der Waals surface area (Å²) >= 11 is 0. The number of anilines is 1. The highest BCUT2D eigenvalue weighted by Crippen LogP contribution is 2.29. The van der Waals surface area contributed by atoms with E-state index in [1.165, 1.54) is 6.07 Å². The van der Waals surface area contributed by atoms with E-state index in [2.05, 4.69) is 10.1 Å². The number of nitrogens with one attached hydrogen (secondary N) is 1. The highest BCUT2D eigenvalue weighted by atomic mass is 19.3. The van der Waals surface area contributed by atoms with E-state index in [1.54, 1.807) is 18.2 Å². The highest BCUT2D eigenvalue weighted by molar-refractivity contribution is 5.57. The molecule has 0 bridgehead atoms. The maximum atomic E-state index is 12.3. The zero-order valence-electron chi connectivity index (χ0n) is 9.98. The van der Waals surface area contributed by atoms with Crippen LogP contribution in [0.15, 0.2) is 24.3 Å². The van der Waals surface area contributed by atoms with Gasteiger partial charge in [-0.1, -0.05) is 25.0 Å². The number of hydrogen-bond donors (Lipinski definition) is 2. The van der Waals surface area contributed by atoms with Crippen LogP contribution in [-0.2, 0) is 0 Å². The topological polar surface area (TPSA) is 41.5 Å². The van der Waals surface area contributed by atoms with Crippen molar-refractivity contribution in [1.29, 1.82) is 0 Å². The number of benzene rings is 1. The number of rotatable bonds is 4. The smallest absolute Gasteiger partial charge is 0.387 e. The molecule has 0 spiro atoms. The first kappa shape index (κ1) is 13.1. The van der Waals surface area contributed by atoms with Crippen molar-refractivity contribution >= 4 is 5.69 Å². The number of alkyl halides is 2. The lowest BCUT2D eigenvalue weighted by Crippen LogP contribution is -2.36. The predicted octanol–water partition coefficient (Wildman–Crippen LogP) is 3.00. The molecular weight excluding hydrogens is 240 g/mol. The molecule has 0 unspecified atom stereocenters. The summed E-state index contributed by atoms with van der Waals surface area (Å²) in [6, 6.07) is 6.46. The van der Waals surface area contributed by atoms with Crippen molar-refractivity contribution in [1.82, 2.24) is 0 Å². The fourth-order valence-electron chi connectivity index (χ4n) is 2.26. The lowest BCUT2D eigenvalue weighted by Gasteiger charge is -2.29. The molecule has 3 nitrogen and oxygen atoms in total. The third-order valence-corrected chi connectivity index (χ3v) is 3.17. The van der Waals surface area contributed by atoms with Crippen molar-refractivity contribution in [3.63, 3.8) is 0 Å². The lowest BCUT2D eigenvalue weighted by molar-refractivity contribution is -0.0494. The van der Waals surface area contributed by atoms with E-state index in [4.69, 9.17) is 0 Å². The Hall–Kier alpha value is -1.36. The standard InChI is InChI=1S/C13H17F2NO2/c14-13(15)18-12-8-4-2-6-10(12)16-9-5-1-3-7-11(9)17/h2,4,6,8-9,11,13,16-17H,1,3,5,7H2/t9-,11-/m1/s1. The number of para-hydroxylation sites is 2. The Morgan fingerprint density at radius 3 is 2.67 bits per heavy atom. The van der Waals surface area contributed by atoms with Crippen LogP contribution in [0.25, 0.3) is 0 Å². The quantitative estimate of drug-likeness (QED) is 0.871. The van der Waals surface area contributed by atoms with E-state index in [9.17, 15) is 13.9 Å². The van der Waals surface area contributed by atoms with Crippen LogP contribution in [0, 0.1) is 0 Å². The van der Waals surface area contributed by atoms with E-state index in [0.29, 0.717) is 5.69 Å². The van der Waals surface area contributed by atoms with E-state index in [-0.39, 0.29) is 11.8 Å². The van der Waals surface area contributed by atoms with Crippen molar-refractivity contribution in [2.45, 2.75) is 44.4 Å². The molecular formula is C13H17F2NO2. The van der Waals surface area contributed by atoms with Gasteiger partial charge < -0.3 is 15.2 Å². The lowest BCUT2D eigenvalue weighted by atomic mass is 9.92. The third-order valence-electron chi connectivity index (χ3n) is 3.17. The molecule has 1 fully saturated rings. The molecule has 0 amide bonds. The van der Waals surface area contributed by atoms with Crippen LogP contribution in [0.4, 0.5) is 14.5 Å². The molecule has 1 aromatic rings. The maximum Gasteiger partial charge on any atom is 0.387 e. The van der Waals surface area contributed by atoms with Crippen LogP contribution in [0.5, 0.6) is 5.75 Å². The third kappa shape index (κ3) is 3.32. The van der Waals surface area contributed by atoms with E-state index in [1.807, 2.05) is 0 Å². The Balaban J connectivity index is 2.07. The van der Waals surface area contributed by atoms with E-state index in [0.717, 1.165) is 25.7 Å². The van der Waals surface area contributed by atoms with Gasteiger partial charge in [-0.25, -0.2) is 0 Å². The minimum absolute atomic E-state index is 0.0961. The van der Waals surface area contributed by atoms with Crippen LogP contribution < -0.4 is 10.1 Å².